The van der Waals surface area contributed by atoms with Crippen molar-refractivity contribution >= 4 is 19.8 Å². The molecule has 0 saturated carbocycles. The highest BCUT2D eigenvalue weighted by Gasteiger charge is 2.21. The minimum Gasteiger partial charge on any atom is -0.756 e. The molecular formula is C41H72NO8P. The maximum atomic E-state index is 12.6. The van der Waals surface area contributed by atoms with E-state index in [0.29, 0.717) is 23.9 Å². The Morgan fingerprint density at radius 1 is 0.627 bits per heavy atom. The van der Waals surface area contributed by atoms with Crippen LogP contribution in [0.5, 0.6) is 0 Å². The molecule has 0 aromatic heterocycles. The molecule has 0 aliphatic carbocycles. The minimum atomic E-state index is -4.63. The van der Waals surface area contributed by atoms with Gasteiger partial charge in [0.25, 0.3) is 7.82 Å². The first kappa shape index (κ1) is 48.7. The number of phosphoric ester groups is 1. The van der Waals surface area contributed by atoms with E-state index in [4.69, 9.17) is 18.5 Å². The highest BCUT2D eigenvalue weighted by Crippen LogP contribution is 2.38. The van der Waals surface area contributed by atoms with Crippen LogP contribution >= 0.6 is 7.82 Å². The van der Waals surface area contributed by atoms with Gasteiger partial charge in [-0.3, -0.25) is 14.2 Å². The molecular weight excluding hydrogens is 665 g/mol. The Morgan fingerprint density at radius 3 is 1.73 bits per heavy atom. The van der Waals surface area contributed by atoms with E-state index in [9.17, 15) is 19.0 Å². The number of nitrogens with zero attached hydrogens (tertiary/aromatic N) is 1. The van der Waals surface area contributed by atoms with Crippen molar-refractivity contribution in [1.82, 2.24) is 0 Å². The van der Waals surface area contributed by atoms with Gasteiger partial charge in [0.2, 0.25) is 0 Å². The van der Waals surface area contributed by atoms with Crippen LogP contribution < -0.4 is 4.89 Å². The number of hydrogen-bond acceptors (Lipinski definition) is 8. The third-order valence-electron chi connectivity index (χ3n) is 7.87. The molecule has 0 aromatic rings. The number of allylic oxidation sites excluding steroid dienone is 10. The van der Waals surface area contributed by atoms with Gasteiger partial charge < -0.3 is 27.9 Å². The van der Waals surface area contributed by atoms with Gasteiger partial charge in [-0.1, -0.05) is 126 Å². The van der Waals surface area contributed by atoms with Crippen molar-refractivity contribution in [1.29, 1.82) is 0 Å². The first-order chi connectivity index (χ1) is 24.5. The maximum Gasteiger partial charge on any atom is 0.306 e. The van der Waals surface area contributed by atoms with Crippen molar-refractivity contribution < 1.29 is 42.1 Å². The van der Waals surface area contributed by atoms with Gasteiger partial charge in [0.15, 0.2) is 6.10 Å². The largest absolute Gasteiger partial charge is 0.756 e. The van der Waals surface area contributed by atoms with Crippen molar-refractivity contribution in [2.45, 2.75) is 142 Å². The number of ether oxygens (including phenoxy) is 2. The number of esters is 2. The molecule has 0 N–H and O–H groups in total. The molecule has 9 nitrogen and oxygen atoms in total. The van der Waals surface area contributed by atoms with Crippen LogP contribution in [0, 0.1) is 0 Å². The average Bonchev–Trinajstić information content (AvgIpc) is 3.07. The van der Waals surface area contributed by atoms with E-state index in [1.54, 1.807) is 0 Å². The molecule has 294 valence electrons. The lowest BCUT2D eigenvalue weighted by Gasteiger charge is -2.28. The Hall–Kier alpha value is -2.29. The molecule has 0 aromatic carbocycles. The fourth-order valence-corrected chi connectivity index (χ4v) is 5.50. The van der Waals surface area contributed by atoms with E-state index in [2.05, 4.69) is 44.2 Å². The normalized spacial score (nSPS) is 14.4. The highest BCUT2D eigenvalue weighted by molar-refractivity contribution is 7.45. The number of phosphoric acid groups is 1. The molecule has 0 radical (unpaired) electrons. The molecule has 0 spiro atoms. The van der Waals surface area contributed by atoms with Crippen LogP contribution in [0.25, 0.3) is 0 Å². The van der Waals surface area contributed by atoms with Crippen molar-refractivity contribution in [3.05, 3.63) is 60.8 Å². The van der Waals surface area contributed by atoms with Crippen molar-refractivity contribution in [2.24, 2.45) is 0 Å². The zero-order valence-electron chi connectivity index (χ0n) is 32.8. The fourth-order valence-electron chi connectivity index (χ4n) is 4.77. The van der Waals surface area contributed by atoms with E-state index >= 15 is 0 Å². The topological polar surface area (TPSA) is 111 Å². The molecule has 51 heavy (non-hydrogen) atoms. The minimum absolute atomic E-state index is 0.0394. The van der Waals surface area contributed by atoms with E-state index in [-0.39, 0.29) is 26.1 Å². The SMILES string of the molecule is CC/C=C/C=C/C=C/C=C/CCCCCCCC(=O)OC[C@H](COP(=O)([O-])OCC[N+](C)(C)C)OC(=O)CCCCCCC/C=C/CCCCC. The Kier molecular flexibility index (Phi) is 32.0. The zero-order valence-corrected chi connectivity index (χ0v) is 33.7. The predicted molar refractivity (Wildman–Crippen MR) is 208 cm³/mol. The second-order valence-electron chi connectivity index (χ2n) is 14.0. The summed E-state index contributed by atoms with van der Waals surface area (Å²) in [5, 5.41) is 0. The first-order valence-electron chi connectivity index (χ1n) is 19.5. The summed E-state index contributed by atoms with van der Waals surface area (Å²) >= 11 is 0. The van der Waals surface area contributed by atoms with Gasteiger partial charge in [0.05, 0.1) is 27.7 Å². The van der Waals surface area contributed by atoms with Crippen LogP contribution in [0.3, 0.4) is 0 Å². The van der Waals surface area contributed by atoms with Gasteiger partial charge in [0.1, 0.15) is 19.8 Å². The number of hydrogen-bond donors (Lipinski definition) is 0. The fraction of sp³-hybridized carbons (Fsp3) is 0.707. The van der Waals surface area contributed by atoms with Crippen LogP contribution in [0.4, 0.5) is 0 Å². The quantitative estimate of drug-likeness (QED) is 0.0160. The summed E-state index contributed by atoms with van der Waals surface area (Å²) in [6.07, 6.45) is 38.2. The molecule has 0 amide bonds. The van der Waals surface area contributed by atoms with Crippen molar-refractivity contribution in [3.63, 3.8) is 0 Å². The van der Waals surface area contributed by atoms with Gasteiger partial charge in [0, 0.05) is 12.8 Å². The third-order valence-corrected chi connectivity index (χ3v) is 8.83. The second kappa shape index (κ2) is 33.5. The van der Waals surface area contributed by atoms with Crippen molar-refractivity contribution in [2.75, 3.05) is 47.5 Å². The number of likely N-dealkylation sites (N-methyl/N-ethyl adjacent to an activating group) is 1. The van der Waals surface area contributed by atoms with E-state index in [0.717, 1.165) is 77.0 Å². The summed E-state index contributed by atoms with van der Waals surface area (Å²) in [5.74, 6) is -0.880. The van der Waals surface area contributed by atoms with Crippen LogP contribution in [-0.2, 0) is 32.7 Å². The first-order valence-corrected chi connectivity index (χ1v) is 21.0. The third kappa shape index (κ3) is 37.3. The summed E-state index contributed by atoms with van der Waals surface area (Å²) in [4.78, 5) is 37.3. The van der Waals surface area contributed by atoms with Crippen molar-refractivity contribution in [3.8, 4) is 0 Å². The number of carbonyl (C=O) groups is 2. The second-order valence-corrected chi connectivity index (χ2v) is 15.4. The van der Waals surface area contributed by atoms with Gasteiger partial charge in [-0.05, 0) is 57.8 Å². The molecule has 0 saturated heterocycles. The number of unbranched alkanes of at least 4 members (excludes halogenated alkanes) is 13. The summed E-state index contributed by atoms with van der Waals surface area (Å²) in [7, 11) is 1.13. The lowest BCUT2D eigenvalue weighted by Crippen LogP contribution is -2.37. The van der Waals surface area contributed by atoms with Gasteiger partial charge >= 0.3 is 11.9 Å². The highest BCUT2D eigenvalue weighted by atomic mass is 31.2. The predicted octanol–water partition coefficient (Wildman–Crippen LogP) is 9.88. The Balaban J connectivity index is 4.49. The lowest BCUT2D eigenvalue weighted by molar-refractivity contribution is -0.870. The molecule has 0 aliphatic heterocycles. The zero-order chi connectivity index (χ0) is 37.9. The van der Waals surface area contributed by atoms with Gasteiger partial charge in [-0.25, -0.2) is 0 Å². The number of rotatable bonds is 34. The average molecular weight is 738 g/mol. The monoisotopic (exact) mass is 737 g/mol. The maximum absolute atomic E-state index is 12.6. The van der Waals surface area contributed by atoms with E-state index in [1.807, 2.05) is 51.5 Å². The Bertz CT molecular complexity index is 1060. The van der Waals surface area contributed by atoms with Gasteiger partial charge in [-0.2, -0.15) is 0 Å². The Morgan fingerprint density at radius 2 is 1.14 bits per heavy atom. The standard InChI is InChI=1S/C41H72NO8P/c1-6-8-10-12-14-16-18-20-21-22-24-25-27-29-31-33-40(43)47-37-39(38-49-51(45,46)48-36-35-42(3,4)5)50-41(44)34-32-30-28-26-23-19-17-15-13-11-9-7-2/h8,10,12,14-18,20-21,39H,6-7,9,11,13,19,22-38H2,1-5H3/b10-8+,14-12+,17-15+,18-16+,21-20+/t39-/m1/s1. The summed E-state index contributed by atoms with van der Waals surface area (Å²) in [5.41, 5.74) is 0. The molecule has 0 bridgehead atoms. The van der Waals surface area contributed by atoms with Crippen LogP contribution in [0.2, 0.25) is 0 Å². The molecule has 1 unspecified atom stereocenters. The number of carbonyl (C=O) groups excluding carboxylic acids is 2. The Labute approximate surface area is 311 Å². The van der Waals surface area contributed by atoms with Crippen LogP contribution in [0.1, 0.15) is 136 Å². The summed E-state index contributed by atoms with van der Waals surface area (Å²) in [6.45, 7) is 3.99. The molecule has 2 atom stereocenters. The molecule has 0 fully saturated rings. The molecule has 0 heterocycles. The van der Waals surface area contributed by atoms with E-state index < -0.39 is 32.5 Å². The molecule has 10 heteroatoms. The van der Waals surface area contributed by atoms with E-state index in [1.165, 1.54) is 19.3 Å². The van der Waals surface area contributed by atoms with Gasteiger partial charge in [-0.15, -0.1) is 0 Å². The lowest BCUT2D eigenvalue weighted by atomic mass is 10.1. The van der Waals surface area contributed by atoms with Crippen LogP contribution in [0.15, 0.2) is 60.8 Å². The summed E-state index contributed by atoms with van der Waals surface area (Å²) < 4.78 is 33.7. The summed E-state index contributed by atoms with van der Waals surface area (Å²) in [6, 6.07) is 0. The smallest absolute Gasteiger partial charge is 0.306 e. The molecule has 0 aliphatic rings. The van der Waals surface area contributed by atoms with Crippen LogP contribution in [-0.4, -0.2) is 70.0 Å². The molecule has 0 rings (SSSR count). The number of quaternary nitrogens is 1.